The summed E-state index contributed by atoms with van der Waals surface area (Å²) in [5, 5.41) is 1.42. The van der Waals surface area contributed by atoms with Crippen LogP contribution in [-0.4, -0.2) is 25.3 Å². The smallest absolute Gasteiger partial charge is 0.213 e. The molecule has 2 aromatic carbocycles. The van der Waals surface area contributed by atoms with E-state index < -0.39 is 11.7 Å². The molecule has 0 heterocycles. The molecule has 0 spiro atoms. The van der Waals surface area contributed by atoms with Crippen molar-refractivity contribution < 1.29 is 19.1 Å². The highest BCUT2D eigenvalue weighted by atomic mass is 35.5. The first-order chi connectivity index (χ1) is 11.9. The minimum absolute atomic E-state index is 0.221. The van der Waals surface area contributed by atoms with Crippen molar-refractivity contribution in [3.05, 3.63) is 56.5 Å². The first-order valence-electron chi connectivity index (χ1n) is 6.96. The van der Waals surface area contributed by atoms with Crippen LogP contribution in [0, 0.1) is 5.92 Å². The van der Waals surface area contributed by atoms with E-state index in [0.717, 1.165) is 0 Å². The Morgan fingerprint density at radius 2 is 1.44 bits per heavy atom. The molecule has 1 unspecified atom stereocenters. The number of ether oxygens (including phenoxy) is 2. The van der Waals surface area contributed by atoms with E-state index in [9.17, 15) is 9.59 Å². The summed E-state index contributed by atoms with van der Waals surface area (Å²) >= 11 is 23.5. The summed E-state index contributed by atoms with van der Waals surface area (Å²) in [6.07, 6.45) is 1.64. The average molecular weight is 421 g/mol. The van der Waals surface area contributed by atoms with Gasteiger partial charge in [0.05, 0.1) is 10.0 Å². The lowest BCUT2D eigenvalue weighted by Gasteiger charge is -2.13. The normalized spacial score (nSPS) is 11.7. The second kappa shape index (κ2) is 9.30. The van der Waals surface area contributed by atoms with Gasteiger partial charge in [0.1, 0.15) is 30.6 Å². The molecule has 2 rings (SSSR count). The third kappa shape index (κ3) is 5.79. The van der Waals surface area contributed by atoms with Gasteiger partial charge in [-0.1, -0.05) is 46.4 Å². The summed E-state index contributed by atoms with van der Waals surface area (Å²) in [6.45, 7) is -0.583. The molecule has 0 aliphatic rings. The van der Waals surface area contributed by atoms with Gasteiger partial charge in [0.2, 0.25) is 6.29 Å². The predicted molar refractivity (Wildman–Crippen MR) is 98.1 cm³/mol. The third-order valence-corrected chi connectivity index (χ3v) is 4.16. The number of Topliss-reactive ketones (excluding diaryl/α,β-unsaturated/α-hetero) is 1. The third-order valence-electron chi connectivity index (χ3n) is 3.09. The zero-order valence-electron chi connectivity index (χ0n) is 12.6. The lowest BCUT2D eigenvalue weighted by molar-refractivity contribution is -0.123. The van der Waals surface area contributed by atoms with Crippen molar-refractivity contribution in [2.24, 2.45) is 5.92 Å². The van der Waals surface area contributed by atoms with E-state index in [0.29, 0.717) is 15.8 Å². The molecule has 0 amide bonds. The number of rotatable bonds is 8. The Kier molecular flexibility index (Phi) is 7.38. The molecular weight excluding hydrogens is 410 g/mol. The van der Waals surface area contributed by atoms with Gasteiger partial charge in [-0.25, -0.2) is 0 Å². The van der Waals surface area contributed by atoms with Crippen molar-refractivity contribution in [3.8, 4) is 11.5 Å². The maximum absolute atomic E-state index is 12.1. The Labute approximate surface area is 164 Å². The van der Waals surface area contributed by atoms with Crippen LogP contribution in [0.4, 0.5) is 0 Å². The van der Waals surface area contributed by atoms with Crippen LogP contribution < -0.4 is 9.47 Å². The summed E-state index contributed by atoms with van der Waals surface area (Å²) in [6, 6.07) is 9.20. The van der Waals surface area contributed by atoms with E-state index in [1.807, 2.05) is 0 Å². The molecular formula is C17H11Cl4O4. The lowest BCUT2D eigenvalue weighted by Crippen LogP contribution is -2.28. The van der Waals surface area contributed by atoms with Crippen molar-refractivity contribution >= 4 is 58.5 Å². The quantitative estimate of drug-likeness (QED) is 0.560. The number of ketones is 1. The number of carbonyl (C=O) groups excluding carboxylic acids is 2. The SMILES string of the molecule is O=[C]C(COc1ccc(Cl)cc1Cl)C(=O)COc1ccc(Cl)cc1Cl. The van der Waals surface area contributed by atoms with Crippen molar-refractivity contribution in [2.75, 3.05) is 13.2 Å². The van der Waals surface area contributed by atoms with Crippen molar-refractivity contribution in [1.82, 2.24) is 0 Å². The standard InChI is InChI=1S/C17H11Cl4O4/c18-11-1-3-16(13(20)5-11)24-8-10(7-22)15(23)9-25-17-4-2-12(19)6-14(17)21/h1-6,10H,8-9H2. The highest BCUT2D eigenvalue weighted by Gasteiger charge is 2.21. The summed E-state index contributed by atoms with van der Waals surface area (Å²) in [4.78, 5) is 23.1. The maximum Gasteiger partial charge on any atom is 0.213 e. The van der Waals surface area contributed by atoms with Crippen LogP contribution in [0.3, 0.4) is 0 Å². The monoisotopic (exact) mass is 419 g/mol. The minimum atomic E-state index is -1.13. The van der Waals surface area contributed by atoms with Crippen molar-refractivity contribution in [2.45, 2.75) is 0 Å². The van der Waals surface area contributed by atoms with E-state index in [1.165, 1.54) is 18.2 Å². The second-order valence-corrected chi connectivity index (χ2v) is 6.57. The fraction of sp³-hybridized carbons (Fsp3) is 0.176. The summed E-state index contributed by atoms with van der Waals surface area (Å²) < 4.78 is 10.7. The van der Waals surface area contributed by atoms with Crippen LogP contribution in [-0.2, 0) is 9.59 Å². The van der Waals surface area contributed by atoms with E-state index >= 15 is 0 Å². The summed E-state index contributed by atoms with van der Waals surface area (Å²) in [7, 11) is 0. The maximum atomic E-state index is 12.1. The first-order valence-corrected chi connectivity index (χ1v) is 8.48. The highest BCUT2D eigenvalue weighted by Crippen LogP contribution is 2.29. The molecule has 0 saturated carbocycles. The zero-order valence-corrected chi connectivity index (χ0v) is 15.6. The predicted octanol–water partition coefficient (Wildman–Crippen LogP) is 5.05. The Bertz CT molecular complexity index is 779. The van der Waals surface area contributed by atoms with Gasteiger partial charge in [-0.3, -0.25) is 9.59 Å². The molecule has 0 bridgehead atoms. The van der Waals surface area contributed by atoms with Crippen LogP contribution >= 0.6 is 46.4 Å². The largest absolute Gasteiger partial charge is 0.491 e. The fourth-order valence-corrected chi connectivity index (χ4v) is 2.73. The molecule has 4 nitrogen and oxygen atoms in total. The van der Waals surface area contributed by atoms with Gasteiger partial charge in [-0.2, -0.15) is 0 Å². The van der Waals surface area contributed by atoms with Crippen LogP contribution in [0.1, 0.15) is 0 Å². The molecule has 25 heavy (non-hydrogen) atoms. The van der Waals surface area contributed by atoms with Gasteiger partial charge in [0.25, 0.3) is 0 Å². The molecule has 2 aromatic rings. The number of hydrogen-bond donors (Lipinski definition) is 0. The summed E-state index contributed by atoms with van der Waals surface area (Å²) in [5.41, 5.74) is 0. The Morgan fingerprint density at radius 1 is 0.920 bits per heavy atom. The first kappa shape index (κ1) is 19.9. The molecule has 0 aliphatic heterocycles. The van der Waals surface area contributed by atoms with Gasteiger partial charge in [0.15, 0.2) is 5.78 Å². The van der Waals surface area contributed by atoms with Crippen LogP contribution in [0.15, 0.2) is 36.4 Å². The highest BCUT2D eigenvalue weighted by molar-refractivity contribution is 6.36. The lowest BCUT2D eigenvalue weighted by atomic mass is 10.1. The Hall–Kier alpha value is -1.46. The van der Waals surface area contributed by atoms with Gasteiger partial charge in [-0.15, -0.1) is 0 Å². The van der Waals surface area contributed by atoms with Crippen molar-refractivity contribution in [3.63, 3.8) is 0 Å². The van der Waals surface area contributed by atoms with Crippen LogP contribution in [0.5, 0.6) is 11.5 Å². The number of halogens is 4. The molecule has 0 N–H and O–H groups in total. The van der Waals surface area contributed by atoms with E-state index in [1.54, 1.807) is 24.5 Å². The van der Waals surface area contributed by atoms with Gasteiger partial charge in [-0.05, 0) is 36.4 Å². The summed E-state index contributed by atoms with van der Waals surface area (Å²) in [5.74, 6) is -1.05. The van der Waals surface area contributed by atoms with E-state index in [4.69, 9.17) is 55.9 Å². The molecule has 0 fully saturated rings. The van der Waals surface area contributed by atoms with Crippen LogP contribution in [0.25, 0.3) is 0 Å². The van der Waals surface area contributed by atoms with Crippen molar-refractivity contribution in [1.29, 1.82) is 0 Å². The second-order valence-electron chi connectivity index (χ2n) is 4.89. The molecule has 1 radical (unpaired) electrons. The molecule has 8 heteroatoms. The minimum Gasteiger partial charge on any atom is -0.491 e. The molecule has 0 saturated heterocycles. The zero-order chi connectivity index (χ0) is 18.4. The van der Waals surface area contributed by atoms with Gasteiger partial charge in [0, 0.05) is 10.0 Å². The number of benzene rings is 2. The topological polar surface area (TPSA) is 52.6 Å². The fourth-order valence-electron chi connectivity index (χ4n) is 1.80. The molecule has 131 valence electrons. The van der Waals surface area contributed by atoms with Gasteiger partial charge >= 0.3 is 0 Å². The van der Waals surface area contributed by atoms with Gasteiger partial charge < -0.3 is 9.47 Å². The number of hydrogen-bond acceptors (Lipinski definition) is 4. The average Bonchev–Trinajstić information content (AvgIpc) is 2.56. The molecule has 0 aliphatic carbocycles. The van der Waals surface area contributed by atoms with E-state index in [-0.39, 0.29) is 29.0 Å². The van der Waals surface area contributed by atoms with E-state index in [2.05, 4.69) is 0 Å². The molecule has 1 atom stereocenters. The Balaban J connectivity index is 1.93. The number of carbonyl (C=O) groups is 1. The Morgan fingerprint density at radius 3 is 1.92 bits per heavy atom. The molecule has 0 aromatic heterocycles. The van der Waals surface area contributed by atoms with Crippen LogP contribution in [0.2, 0.25) is 20.1 Å².